The van der Waals surface area contributed by atoms with Gasteiger partial charge in [-0.2, -0.15) is 0 Å². The number of carbonyl (C=O) groups is 2. The van der Waals surface area contributed by atoms with Crippen molar-refractivity contribution in [3.8, 4) is 5.75 Å². The van der Waals surface area contributed by atoms with Crippen LogP contribution in [0, 0.1) is 11.8 Å². The van der Waals surface area contributed by atoms with Gasteiger partial charge in [0.25, 0.3) is 5.91 Å². The minimum Gasteiger partial charge on any atom is -0.486 e. The molecule has 4 rings (SSSR count). The number of benzene rings is 2. The van der Waals surface area contributed by atoms with E-state index < -0.39 is 0 Å². The minimum atomic E-state index is -0.148. The third-order valence-corrected chi connectivity index (χ3v) is 6.40. The fourth-order valence-corrected chi connectivity index (χ4v) is 4.53. The molecule has 1 heterocycles. The van der Waals surface area contributed by atoms with E-state index in [0.29, 0.717) is 17.0 Å². The van der Waals surface area contributed by atoms with Gasteiger partial charge in [-0.05, 0) is 74.8 Å². The van der Waals surface area contributed by atoms with Crippen molar-refractivity contribution in [1.29, 1.82) is 0 Å². The molecule has 5 nitrogen and oxygen atoms in total. The number of ketones is 1. The van der Waals surface area contributed by atoms with Crippen LogP contribution in [0.2, 0.25) is 0 Å². The van der Waals surface area contributed by atoms with Crippen LogP contribution in [0.25, 0.3) is 0 Å². The predicted molar refractivity (Wildman–Crippen MR) is 122 cm³/mol. The topological polar surface area (TPSA) is 58.6 Å². The minimum absolute atomic E-state index is 0.0189. The van der Waals surface area contributed by atoms with E-state index in [0.717, 1.165) is 35.1 Å². The van der Waals surface area contributed by atoms with E-state index in [1.807, 2.05) is 24.3 Å². The fraction of sp³-hybridized carbons (Fsp3) is 0.417. The Labute approximate surface area is 185 Å². The van der Waals surface area contributed by atoms with Crippen molar-refractivity contribution in [3.05, 3.63) is 52.5 Å². The summed E-state index contributed by atoms with van der Waals surface area (Å²) in [6.07, 6.45) is 5.19. The molecule has 2 fully saturated rings. The highest BCUT2D eigenvalue weighted by atomic mass is 79.9. The van der Waals surface area contributed by atoms with Crippen LogP contribution in [-0.4, -0.2) is 31.4 Å². The zero-order valence-corrected chi connectivity index (χ0v) is 18.8. The molecule has 158 valence electrons. The SMILES string of the molecule is CC(=O)COc1cccc(NC(=O)c2ccc(Br)cc2N2CCC(C3CC3)CC2)c1. The Hall–Kier alpha value is -2.34. The van der Waals surface area contributed by atoms with E-state index >= 15 is 0 Å². The Bertz CT molecular complexity index is 934. The number of ether oxygens (including phenoxy) is 1. The first kappa shape index (κ1) is 20.9. The quantitative estimate of drug-likeness (QED) is 0.596. The maximum atomic E-state index is 13.1. The summed E-state index contributed by atoms with van der Waals surface area (Å²) in [6, 6.07) is 12.9. The average molecular weight is 471 g/mol. The van der Waals surface area contributed by atoms with Gasteiger partial charge in [-0.15, -0.1) is 0 Å². The molecule has 1 amide bonds. The molecule has 1 saturated carbocycles. The molecule has 6 heteroatoms. The lowest BCUT2D eigenvalue weighted by Crippen LogP contribution is -2.35. The summed E-state index contributed by atoms with van der Waals surface area (Å²) in [4.78, 5) is 26.6. The number of hydrogen-bond donors (Lipinski definition) is 1. The average Bonchev–Trinajstić information content (AvgIpc) is 3.58. The van der Waals surface area contributed by atoms with Gasteiger partial charge in [-0.25, -0.2) is 0 Å². The normalized spacial score (nSPS) is 16.9. The van der Waals surface area contributed by atoms with Gasteiger partial charge in [0.05, 0.1) is 11.3 Å². The largest absolute Gasteiger partial charge is 0.486 e. The molecule has 1 aliphatic heterocycles. The molecule has 0 spiro atoms. The maximum Gasteiger partial charge on any atom is 0.257 e. The third kappa shape index (κ3) is 5.22. The van der Waals surface area contributed by atoms with Crippen LogP contribution in [0.5, 0.6) is 5.75 Å². The fourth-order valence-electron chi connectivity index (χ4n) is 4.18. The molecule has 0 radical (unpaired) electrons. The second-order valence-electron chi connectivity index (χ2n) is 8.30. The number of hydrogen-bond acceptors (Lipinski definition) is 4. The Morgan fingerprint density at radius 2 is 1.80 bits per heavy atom. The summed E-state index contributed by atoms with van der Waals surface area (Å²) in [5.74, 6) is 2.15. The molecule has 1 saturated heterocycles. The highest BCUT2D eigenvalue weighted by Crippen LogP contribution is 2.42. The number of nitrogens with zero attached hydrogens (tertiary/aromatic N) is 1. The summed E-state index contributed by atoms with van der Waals surface area (Å²) >= 11 is 3.56. The second-order valence-corrected chi connectivity index (χ2v) is 9.21. The van der Waals surface area contributed by atoms with Gasteiger partial charge >= 0.3 is 0 Å². The Balaban J connectivity index is 1.47. The number of rotatable bonds is 7. The summed E-state index contributed by atoms with van der Waals surface area (Å²) in [5, 5.41) is 2.98. The van der Waals surface area contributed by atoms with Crippen molar-refractivity contribution >= 4 is 39.0 Å². The van der Waals surface area contributed by atoms with Gasteiger partial charge in [0, 0.05) is 29.3 Å². The van der Waals surface area contributed by atoms with Gasteiger partial charge in [-0.3, -0.25) is 9.59 Å². The van der Waals surface area contributed by atoms with Crippen molar-refractivity contribution in [2.75, 3.05) is 29.9 Å². The Kier molecular flexibility index (Phi) is 6.42. The van der Waals surface area contributed by atoms with Gasteiger partial charge in [-0.1, -0.05) is 22.0 Å². The third-order valence-electron chi connectivity index (χ3n) is 5.91. The van der Waals surface area contributed by atoms with Gasteiger partial charge in [0.15, 0.2) is 5.78 Å². The first-order valence-electron chi connectivity index (χ1n) is 10.6. The van der Waals surface area contributed by atoms with E-state index in [1.165, 1.54) is 32.6 Å². The lowest BCUT2D eigenvalue weighted by atomic mass is 9.91. The van der Waals surface area contributed by atoms with Crippen molar-refractivity contribution < 1.29 is 14.3 Å². The number of halogens is 1. The van der Waals surface area contributed by atoms with Gasteiger partial charge < -0.3 is 15.0 Å². The van der Waals surface area contributed by atoms with Crippen LogP contribution >= 0.6 is 15.9 Å². The number of nitrogens with one attached hydrogen (secondary N) is 1. The molecule has 30 heavy (non-hydrogen) atoms. The number of amides is 1. The lowest BCUT2D eigenvalue weighted by molar-refractivity contribution is -0.118. The van der Waals surface area contributed by atoms with Crippen LogP contribution in [0.1, 0.15) is 43.0 Å². The van der Waals surface area contributed by atoms with Crippen molar-refractivity contribution in [2.45, 2.75) is 32.6 Å². The van der Waals surface area contributed by atoms with Crippen molar-refractivity contribution in [1.82, 2.24) is 0 Å². The molecular weight excluding hydrogens is 444 g/mol. The first-order valence-corrected chi connectivity index (χ1v) is 11.4. The van der Waals surface area contributed by atoms with Crippen molar-refractivity contribution in [3.63, 3.8) is 0 Å². The van der Waals surface area contributed by atoms with E-state index in [-0.39, 0.29) is 18.3 Å². The van der Waals surface area contributed by atoms with E-state index in [2.05, 4.69) is 26.1 Å². The number of carbonyl (C=O) groups excluding carboxylic acids is 2. The molecule has 0 unspecified atom stereocenters. The van der Waals surface area contributed by atoms with Crippen LogP contribution in [0.15, 0.2) is 46.9 Å². The number of anilines is 2. The monoisotopic (exact) mass is 470 g/mol. The highest BCUT2D eigenvalue weighted by Gasteiger charge is 2.34. The van der Waals surface area contributed by atoms with Gasteiger partial charge in [0.1, 0.15) is 12.4 Å². The maximum absolute atomic E-state index is 13.1. The van der Waals surface area contributed by atoms with Crippen LogP contribution in [0.4, 0.5) is 11.4 Å². The summed E-state index contributed by atoms with van der Waals surface area (Å²) < 4.78 is 6.42. The molecule has 1 aliphatic carbocycles. The van der Waals surface area contributed by atoms with E-state index in [4.69, 9.17) is 4.74 Å². The van der Waals surface area contributed by atoms with Crippen LogP contribution in [0.3, 0.4) is 0 Å². The van der Waals surface area contributed by atoms with Crippen LogP contribution in [-0.2, 0) is 4.79 Å². The van der Waals surface area contributed by atoms with E-state index in [9.17, 15) is 9.59 Å². The molecule has 0 aromatic heterocycles. The summed E-state index contributed by atoms with van der Waals surface area (Å²) in [5.41, 5.74) is 2.28. The zero-order chi connectivity index (χ0) is 21.1. The zero-order valence-electron chi connectivity index (χ0n) is 17.2. The van der Waals surface area contributed by atoms with Crippen LogP contribution < -0.4 is 15.0 Å². The summed E-state index contributed by atoms with van der Waals surface area (Å²) in [7, 11) is 0. The molecule has 2 aliphatic rings. The molecular formula is C24H27BrN2O3. The molecule has 0 atom stereocenters. The molecule has 2 aromatic carbocycles. The molecule has 1 N–H and O–H groups in total. The summed E-state index contributed by atoms with van der Waals surface area (Å²) in [6.45, 7) is 3.48. The number of Topliss-reactive ketones (excluding diaryl/α,β-unsaturated/α-hetero) is 1. The second kappa shape index (κ2) is 9.21. The van der Waals surface area contributed by atoms with Crippen molar-refractivity contribution in [2.24, 2.45) is 11.8 Å². The lowest BCUT2D eigenvalue weighted by Gasteiger charge is -2.35. The smallest absolute Gasteiger partial charge is 0.257 e. The number of piperidine rings is 1. The Morgan fingerprint density at radius 3 is 2.50 bits per heavy atom. The van der Waals surface area contributed by atoms with Gasteiger partial charge in [0.2, 0.25) is 0 Å². The predicted octanol–water partition coefficient (Wildman–Crippen LogP) is 5.30. The molecule has 0 bridgehead atoms. The highest BCUT2D eigenvalue weighted by molar-refractivity contribution is 9.10. The Morgan fingerprint density at radius 1 is 1.07 bits per heavy atom. The van der Waals surface area contributed by atoms with E-state index in [1.54, 1.807) is 18.2 Å². The first-order chi connectivity index (χ1) is 14.5. The standard InChI is InChI=1S/C24H27BrN2O3/c1-16(28)15-30-21-4-2-3-20(14-21)26-24(29)22-8-7-19(25)13-23(22)27-11-9-18(10-12-27)17-5-6-17/h2-4,7-8,13-14,17-18H,5-6,9-12,15H2,1H3,(H,26,29). The molecule has 2 aromatic rings.